The highest BCUT2D eigenvalue weighted by molar-refractivity contribution is 6.02. The number of H-pyrrole nitrogens is 1. The van der Waals surface area contributed by atoms with Gasteiger partial charge in [0.05, 0.1) is 18.1 Å². The SMILES string of the molecule is Cc1ccc(-c2c[nH]c3cc(C(=O)NCCCN4CCOCC4)ccc23)cc1[N+](=O)[O-]. The van der Waals surface area contributed by atoms with Gasteiger partial charge in [0.25, 0.3) is 11.6 Å². The van der Waals surface area contributed by atoms with Crippen molar-refractivity contribution in [1.29, 1.82) is 0 Å². The van der Waals surface area contributed by atoms with Gasteiger partial charge >= 0.3 is 0 Å². The topological polar surface area (TPSA) is 100 Å². The van der Waals surface area contributed by atoms with Crippen LogP contribution in [0.1, 0.15) is 22.3 Å². The summed E-state index contributed by atoms with van der Waals surface area (Å²) in [5.74, 6) is -0.106. The number of morpholine rings is 1. The van der Waals surface area contributed by atoms with Crippen LogP contribution in [0.3, 0.4) is 0 Å². The van der Waals surface area contributed by atoms with Crippen LogP contribution in [0, 0.1) is 17.0 Å². The first kappa shape index (κ1) is 21.0. The van der Waals surface area contributed by atoms with Crippen LogP contribution in [0.4, 0.5) is 5.69 Å². The third-order valence-electron chi connectivity index (χ3n) is 5.70. The van der Waals surface area contributed by atoms with Gasteiger partial charge in [-0.2, -0.15) is 0 Å². The third-order valence-corrected chi connectivity index (χ3v) is 5.70. The Hall–Kier alpha value is -3.23. The summed E-state index contributed by atoms with van der Waals surface area (Å²) in [6, 6.07) is 10.7. The minimum Gasteiger partial charge on any atom is -0.379 e. The molecule has 4 rings (SSSR count). The molecule has 0 bridgehead atoms. The maximum Gasteiger partial charge on any atom is 0.272 e. The summed E-state index contributed by atoms with van der Waals surface area (Å²) in [7, 11) is 0. The molecule has 2 aromatic carbocycles. The van der Waals surface area contributed by atoms with Gasteiger partial charge in [-0.05, 0) is 37.6 Å². The van der Waals surface area contributed by atoms with Crippen LogP contribution in [-0.2, 0) is 4.74 Å². The molecule has 0 unspecified atom stereocenters. The van der Waals surface area contributed by atoms with E-state index in [0.717, 1.165) is 61.3 Å². The molecule has 1 amide bonds. The lowest BCUT2D eigenvalue weighted by Gasteiger charge is -2.26. The first-order valence-corrected chi connectivity index (χ1v) is 10.5. The van der Waals surface area contributed by atoms with E-state index in [9.17, 15) is 14.9 Å². The van der Waals surface area contributed by atoms with Gasteiger partial charge in [0, 0.05) is 59.5 Å². The number of rotatable bonds is 7. The van der Waals surface area contributed by atoms with Crippen molar-refractivity contribution in [2.45, 2.75) is 13.3 Å². The average Bonchev–Trinajstić information content (AvgIpc) is 3.21. The van der Waals surface area contributed by atoms with Crippen LogP contribution in [0.2, 0.25) is 0 Å². The zero-order chi connectivity index (χ0) is 21.8. The zero-order valence-electron chi connectivity index (χ0n) is 17.5. The fraction of sp³-hybridized carbons (Fsp3) is 0.348. The zero-order valence-corrected chi connectivity index (χ0v) is 17.5. The number of carbonyl (C=O) groups excluding carboxylic acids is 1. The minimum absolute atomic E-state index is 0.0972. The number of ether oxygens (including phenoxy) is 1. The molecule has 0 spiro atoms. The standard InChI is InChI=1S/C23H26N4O4/c1-16-3-4-17(14-22(16)27(29)30)20-15-25-21-13-18(5-6-19(20)21)23(28)24-7-2-8-26-9-11-31-12-10-26/h3-6,13-15,25H,2,7-12H2,1H3,(H,24,28). The van der Waals surface area contributed by atoms with Crippen LogP contribution in [-0.4, -0.2) is 60.1 Å². The monoisotopic (exact) mass is 422 g/mol. The lowest BCUT2D eigenvalue weighted by Crippen LogP contribution is -2.38. The number of benzene rings is 2. The number of nitrogens with one attached hydrogen (secondary N) is 2. The summed E-state index contributed by atoms with van der Waals surface area (Å²) in [5, 5.41) is 15.2. The number of nitrogens with zero attached hydrogens (tertiary/aromatic N) is 2. The Labute approximate surface area is 180 Å². The van der Waals surface area contributed by atoms with E-state index in [-0.39, 0.29) is 16.5 Å². The van der Waals surface area contributed by atoms with Crippen molar-refractivity contribution in [3.63, 3.8) is 0 Å². The lowest BCUT2D eigenvalue weighted by molar-refractivity contribution is -0.385. The van der Waals surface area contributed by atoms with Gasteiger partial charge in [-0.3, -0.25) is 19.8 Å². The molecule has 1 saturated heterocycles. The molecule has 1 aliphatic rings. The van der Waals surface area contributed by atoms with Crippen LogP contribution in [0.15, 0.2) is 42.6 Å². The number of hydrogen-bond donors (Lipinski definition) is 2. The van der Waals surface area contributed by atoms with Gasteiger partial charge in [-0.1, -0.05) is 18.2 Å². The lowest BCUT2D eigenvalue weighted by atomic mass is 10.0. The number of aromatic nitrogens is 1. The fourth-order valence-electron chi connectivity index (χ4n) is 3.91. The van der Waals surface area contributed by atoms with Gasteiger partial charge < -0.3 is 15.0 Å². The quantitative estimate of drug-likeness (QED) is 0.345. The molecule has 1 fully saturated rings. The second-order valence-corrected chi connectivity index (χ2v) is 7.78. The maximum absolute atomic E-state index is 12.5. The first-order chi connectivity index (χ1) is 15.0. The normalized spacial score (nSPS) is 14.6. The van der Waals surface area contributed by atoms with E-state index in [4.69, 9.17) is 4.74 Å². The van der Waals surface area contributed by atoms with Crippen molar-refractivity contribution in [2.75, 3.05) is 39.4 Å². The highest BCUT2D eigenvalue weighted by atomic mass is 16.6. The number of fused-ring (bicyclic) bond motifs is 1. The van der Waals surface area contributed by atoms with Crippen molar-refractivity contribution >= 4 is 22.5 Å². The van der Waals surface area contributed by atoms with Crippen LogP contribution in [0.25, 0.3) is 22.0 Å². The van der Waals surface area contributed by atoms with Crippen molar-refractivity contribution in [2.24, 2.45) is 0 Å². The Morgan fingerprint density at radius 3 is 2.81 bits per heavy atom. The summed E-state index contributed by atoms with van der Waals surface area (Å²) in [6.45, 7) is 6.75. The summed E-state index contributed by atoms with van der Waals surface area (Å²) in [5.41, 5.74) is 3.77. The number of hydrogen-bond acceptors (Lipinski definition) is 5. The van der Waals surface area contributed by atoms with Crippen molar-refractivity contribution in [3.05, 3.63) is 63.8 Å². The Bertz CT molecular complexity index is 1100. The van der Waals surface area contributed by atoms with E-state index < -0.39 is 0 Å². The molecule has 2 N–H and O–H groups in total. The van der Waals surface area contributed by atoms with Gasteiger partial charge in [0.2, 0.25) is 0 Å². The van der Waals surface area contributed by atoms with E-state index in [0.29, 0.717) is 17.7 Å². The molecule has 1 aliphatic heterocycles. The van der Waals surface area contributed by atoms with Gasteiger partial charge in [-0.15, -0.1) is 0 Å². The Kier molecular flexibility index (Phi) is 6.29. The number of carbonyl (C=O) groups is 1. The fourth-order valence-corrected chi connectivity index (χ4v) is 3.91. The molecule has 162 valence electrons. The summed E-state index contributed by atoms with van der Waals surface area (Å²) < 4.78 is 5.34. The molecule has 0 radical (unpaired) electrons. The van der Waals surface area contributed by atoms with E-state index in [1.165, 1.54) is 0 Å². The molecular formula is C23H26N4O4. The number of amides is 1. The average molecular weight is 422 g/mol. The second-order valence-electron chi connectivity index (χ2n) is 7.78. The van der Waals surface area contributed by atoms with E-state index in [2.05, 4.69) is 15.2 Å². The summed E-state index contributed by atoms with van der Waals surface area (Å²) in [6.07, 6.45) is 2.72. The summed E-state index contributed by atoms with van der Waals surface area (Å²) >= 11 is 0. The minimum atomic E-state index is -0.366. The molecule has 2 heterocycles. The van der Waals surface area contributed by atoms with E-state index in [1.807, 2.05) is 24.4 Å². The molecule has 0 saturated carbocycles. The number of nitro benzene ring substituents is 1. The highest BCUT2D eigenvalue weighted by Gasteiger charge is 2.15. The van der Waals surface area contributed by atoms with E-state index >= 15 is 0 Å². The van der Waals surface area contributed by atoms with Crippen molar-refractivity contribution in [3.8, 4) is 11.1 Å². The van der Waals surface area contributed by atoms with Gasteiger partial charge in [-0.25, -0.2) is 0 Å². The Balaban J connectivity index is 1.43. The molecule has 0 aliphatic carbocycles. The third kappa shape index (κ3) is 4.76. The van der Waals surface area contributed by atoms with Crippen LogP contribution < -0.4 is 5.32 Å². The van der Waals surface area contributed by atoms with Crippen LogP contribution >= 0.6 is 0 Å². The number of aromatic amines is 1. The van der Waals surface area contributed by atoms with Gasteiger partial charge in [0.1, 0.15) is 0 Å². The molecule has 3 aromatic rings. The predicted molar refractivity (Wildman–Crippen MR) is 119 cm³/mol. The van der Waals surface area contributed by atoms with Crippen molar-refractivity contribution in [1.82, 2.24) is 15.2 Å². The largest absolute Gasteiger partial charge is 0.379 e. The molecule has 0 atom stereocenters. The molecule has 31 heavy (non-hydrogen) atoms. The smallest absolute Gasteiger partial charge is 0.272 e. The van der Waals surface area contributed by atoms with Gasteiger partial charge in [0.15, 0.2) is 0 Å². The molecule has 1 aromatic heterocycles. The number of aryl methyl sites for hydroxylation is 1. The predicted octanol–water partition coefficient (Wildman–Crippen LogP) is 3.50. The second kappa shape index (κ2) is 9.28. The van der Waals surface area contributed by atoms with Crippen LogP contribution in [0.5, 0.6) is 0 Å². The Morgan fingerprint density at radius 2 is 2.03 bits per heavy atom. The van der Waals surface area contributed by atoms with E-state index in [1.54, 1.807) is 25.1 Å². The molecular weight excluding hydrogens is 396 g/mol. The summed E-state index contributed by atoms with van der Waals surface area (Å²) in [4.78, 5) is 29.0. The number of nitro groups is 1. The maximum atomic E-state index is 12.5. The highest BCUT2D eigenvalue weighted by Crippen LogP contribution is 2.32. The van der Waals surface area contributed by atoms with Crippen molar-refractivity contribution < 1.29 is 14.5 Å². The Morgan fingerprint density at radius 1 is 1.23 bits per heavy atom. The first-order valence-electron chi connectivity index (χ1n) is 10.5. The molecule has 8 nitrogen and oxygen atoms in total. The molecule has 8 heteroatoms.